The topological polar surface area (TPSA) is 177 Å². The Balaban J connectivity index is 1.71. The van der Waals surface area contributed by atoms with Crippen LogP contribution in [-0.2, 0) is 28.7 Å². The standard InChI is InChI=1S/C27H43N5O7/c1-13(2)19(31-25(38)29-11-17(33)39-26(3,4)5)24(37)32-12-15-18(27(15,6)7)20(32)23(36)30-16(10-14-8-9-14)21(34)22(28)35/h13-16,18-20H,8-12H2,1-7H3,(H2,28,35)(H,30,36)(H2,29,31,38)/t15-,16?,18-,19-,20-/m0/s1. The third-order valence-electron chi connectivity index (χ3n) is 7.93. The number of nitrogens with two attached hydrogens (primary N) is 1. The fourth-order valence-electron chi connectivity index (χ4n) is 5.57. The number of hydrogen-bond donors (Lipinski definition) is 4. The quantitative estimate of drug-likeness (QED) is 0.214. The van der Waals surface area contributed by atoms with E-state index in [1.54, 1.807) is 34.6 Å². The fraction of sp³-hybridized carbons (Fsp3) is 0.778. The lowest BCUT2D eigenvalue weighted by Gasteiger charge is -2.34. The molecule has 0 spiro atoms. The number of carbonyl (C=O) groups is 6. The van der Waals surface area contributed by atoms with Gasteiger partial charge in [-0.2, -0.15) is 0 Å². The van der Waals surface area contributed by atoms with Gasteiger partial charge in [0.15, 0.2) is 0 Å². The predicted molar refractivity (Wildman–Crippen MR) is 141 cm³/mol. The van der Waals surface area contributed by atoms with Crippen molar-refractivity contribution in [3.63, 3.8) is 0 Å². The van der Waals surface area contributed by atoms with Crippen LogP contribution in [0.1, 0.15) is 67.7 Å². The number of nitrogens with one attached hydrogen (secondary N) is 3. The van der Waals surface area contributed by atoms with Gasteiger partial charge in [0, 0.05) is 6.54 Å². The molecule has 5 amide bonds. The highest BCUT2D eigenvalue weighted by molar-refractivity contribution is 6.37. The van der Waals surface area contributed by atoms with E-state index in [-0.39, 0.29) is 35.6 Å². The number of urea groups is 1. The number of rotatable bonds is 11. The first-order valence-electron chi connectivity index (χ1n) is 13.6. The maximum atomic E-state index is 13.7. The van der Waals surface area contributed by atoms with Crippen molar-refractivity contribution < 1.29 is 33.5 Å². The molecule has 0 aromatic carbocycles. The Kier molecular flexibility index (Phi) is 8.66. The SMILES string of the molecule is CC(C)[C@H](NC(=O)NCC(=O)OC(C)(C)C)C(=O)N1C[C@H]2[C@@H]([C@H]1C(=O)NC(CC1CC1)C(=O)C(N)=O)C2(C)C. The zero-order chi connectivity index (χ0) is 29.4. The normalized spacial score (nSPS) is 24.7. The molecule has 3 rings (SSSR count). The largest absolute Gasteiger partial charge is 0.459 e. The third kappa shape index (κ3) is 7.27. The van der Waals surface area contributed by atoms with E-state index in [4.69, 9.17) is 10.5 Å². The van der Waals surface area contributed by atoms with Crippen LogP contribution in [0.4, 0.5) is 4.79 Å². The summed E-state index contributed by atoms with van der Waals surface area (Å²) >= 11 is 0. The van der Waals surface area contributed by atoms with Crippen LogP contribution >= 0.6 is 0 Å². The van der Waals surface area contributed by atoms with Crippen LogP contribution in [0, 0.1) is 29.1 Å². The minimum Gasteiger partial charge on any atom is -0.459 e. The molecular formula is C27H43N5O7. The number of primary amides is 1. The van der Waals surface area contributed by atoms with Gasteiger partial charge in [-0.05, 0) is 56.3 Å². The smallest absolute Gasteiger partial charge is 0.325 e. The second-order valence-electron chi connectivity index (χ2n) is 13.0. The molecule has 1 unspecified atom stereocenters. The van der Waals surface area contributed by atoms with E-state index in [0.29, 0.717) is 13.0 Å². The van der Waals surface area contributed by atoms with Crippen LogP contribution in [0.2, 0.25) is 0 Å². The molecule has 5 N–H and O–H groups in total. The average molecular weight is 550 g/mol. The van der Waals surface area contributed by atoms with E-state index >= 15 is 0 Å². The monoisotopic (exact) mass is 549 g/mol. The number of piperidine rings is 1. The molecule has 12 nitrogen and oxygen atoms in total. The van der Waals surface area contributed by atoms with Gasteiger partial charge in [0.2, 0.25) is 17.6 Å². The van der Waals surface area contributed by atoms with Crippen molar-refractivity contribution >= 4 is 35.5 Å². The molecule has 218 valence electrons. The van der Waals surface area contributed by atoms with Crippen LogP contribution in [-0.4, -0.2) is 77.2 Å². The van der Waals surface area contributed by atoms with Crippen LogP contribution in [0.3, 0.4) is 0 Å². The van der Waals surface area contributed by atoms with Gasteiger partial charge in [0.1, 0.15) is 24.2 Å². The van der Waals surface area contributed by atoms with Crippen molar-refractivity contribution in [2.75, 3.05) is 13.1 Å². The van der Waals surface area contributed by atoms with E-state index in [1.165, 1.54) is 4.90 Å². The molecule has 0 radical (unpaired) electrons. The summed E-state index contributed by atoms with van der Waals surface area (Å²) in [6, 6.07) is -3.56. The maximum absolute atomic E-state index is 13.7. The Bertz CT molecular complexity index is 1030. The van der Waals surface area contributed by atoms with Gasteiger partial charge in [-0.3, -0.25) is 24.0 Å². The van der Waals surface area contributed by atoms with Gasteiger partial charge in [-0.25, -0.2) is 4.79 Å². The van der Waals surface area contributed by atoms with Gasteiger partial charge in [-0.1, -0.05) is 40.5 Å². The number of ketones is 1. The Morgan fingerprint density at radius 1 is 1.05 bits per heavy atom. The molecule has 5 atom stereocenters. The number of likely N-dealkylation sites (tertiary alicyclic amines) is 1. The van der Waals surface area contributed by atoms with E-state index < -0.39 is 59.2 Å². The van der Waals surface area contributed by atoms with E-state index in [1.807, 2.05) is 13.8 Å². The van der Waals surface area contributed by atoms with Crippen LogP contribution in [0.15, 0.2) is 0 Å². The predicted octanol–water partition coefficient (Wildman–Crippen LogP) is 0.474. The Labute approximate surface area is 229 Å². The summed E-state index contributed by atoms with van der Waals surface area (Å²) in [7, 11) is 0. The van der Waals surface area contributed by atoms with Gasteiger partial charge in [0.25, 0.3) is 5.91 Å². The zero-order valence-electron chi connectivity index (χ0n) is 24.0. The Morgan fingerprint density at radius 2 is 1.67 bits per heavy atom. The molecule has 1 aliphatic heterocycles. The molecule has 3 fully saturated rings. The summed E-state index contributed by atoms with van der Waals surface area (Å²) in [5.41, 5.74) is 4.35. The molecule has 0 aromatic heterocycles. The van der Waals surface area contributed by atoms with Crippen LogP contribution in [0.5, 0.6) is 0 Å². The maximum Gasteiger partial charge on any atom is 0.325 e. The highest BCUT2D eigenvalue weighted by Gasteiger charge is 2.69. The van der Waals surface area contributed by atoms with Crippen molar-refractivity contribution in [3.05, 3.63) is 0 Å². The lowest BCUT2D eigenvalue weighted by molar-refractivity contribution is -0.153. The Hall–Kier alpha value is -3.18. The highest BCUT2D eigenvalue weighted by atomic mass is 16.6. The van der Waals surface area contributed by atoms with Gasteiger partial charge in [-0.15, -0.1) is 0 Å². The fourth-order valence-corrected chi connectivity index (χ4v) is 5.57. The zero-order valence-corrected chi connectivity index (χ0v) is 24.0. The number of amides is 5. The van der Waals surface area contributed by atoms with Gasteiger partial charge < -0.3 is 31.3 Å². The molecule has 2 aliphatic carbocycles. The molecule has 3 aliphatic rings. The second kappa shape index (κ2) is 11.1. The summed E-state index contributed by atoms with van der Waals surface area (Å²) in [5, 5.41) is 7.77. The molecule has 0 aromatic rings. The van der Waals surface area contributed by atoms with E-state index in [9.17, 15) is 28.8 Å². The van der Waals surface area contributed by atoms with Crippen LogP contribution < -0.4 is 21.7 Å². The first kappa shape index (κ1) is 30.4. The Morgan fingerprint density at radius 3 is 2.18 bits per heavy atom. The molecule has 2 saturated carbocycles. The average Bonchev–Trinajstić information content (AvgIpc) is 3.65. The molecule has 39 heavy (non-hydrogen) atoms. The van der Waals surface area contributed by atoms with Gasteiger partial charge in [0.05, 0.1) is 6.04 Å². The number of carbonyl (C=O) groups excluding carboxylic acids is 6. The van der Waals surface area contributed by atoms with Crippen molar-refractivity contribution in [1.29, 1.82) is 0 Å². The number of nitrogens with zero attached hydrogens (tertiary/aromatic N) is 1. The lowest BCUT2D eigenvalue weighted by Crippen LogP contribution is -2.60. The number of ether oxygens (including phenoxy) is 1. The number of hydrogen-bond acceptors (Lipinski definition) is 7. The van der Waals surface area contributed by atoms with Crippen molar-refractivity contribution in [2.45, 2.75) is 91.5 Å². The van der Waals surface area contributed by atoms with Crippen molar-refractivity contribution in [1.82, 2.24) is 20.9 Å². The number of fused-ring (bicyclic) bond motifs is 1. The summed E-state index contributed by atoms with van der Waals surface area (Å²) in [6.45, 7) is 12.7. The molecule has 1 saturated heterocycles. The summed E-state index contributed by atoms with van der Waals surface area (Å²) in [4.78, 5) is 77.3. The first-order valence-corrected chi connectivity index (χ1v) is 13.6. The van der Waals surface area contributed by atoms with Crippen molar-refractivity contribution in [2.24, 2.45) is 34.8 Å². The number of esters is 1. The summed E-state index contributed by atoms with van der Waals surface area (Å²) in [5.74, 6) is -3.61. The van der Waals surface area contributed by atoms with Crippen molar-refractivity contribution in [3.8, 4) is 0 Å². The minimum absolute atomic E-state index is 0.0831. The summed E-state index contributed by atoms with van der Waals surface area (Å²) in [6.07, 6.45) is 2.17. The minimum atomic E-state index is -1.11. The molecule has 1 heterocycles. The van der Waals surface area contributed by atoms with E-state index in [0.717, 1.165) is 12.8 Å². The molecular weight excluding hydrogens is 506 g/mol. The third-order valence-corrected chi connectivity index (χ3v) is 7.93. The van der Waals surface area contributed by atoms with E-state index in [2.05, 4.69) is 16.0 Å². The second-order valence-corrected chi connectivity index (χ2v) is 13.0. The van der Waals surface area contributed by atoms with Gasteiger partial charge >= 0.3 is 12.0 Å². The molecule has 12 heteroatoms. The number of Topliss-reactive ketones (excluding diaryl/α,β-unsaturated/α-hetero) is 1. The summed E-state index contributed by atoms with van der Waals surface area (Å²) < 4.78 is 5.18. The lowest BCUT2D eigenvalue weighted by atomic mass is 9.96. The first-order chi connectivity index (χ1) is 17.9. The highest BCUT2D eigenvalue weighted by Crippen LogP contribution is 2.65. The molecule has 0 bridgehead atoms. The van der Waals surface area contributed by atoms with Crippen LogP contribution in [0.25, 0.3) is 0 Å².